The lowest BCUT2D eigenvalue weighted by molar-refractivity contribution is 0.0389. The van der Waals surface area contributed by atoms with E-state index in [9.17, 15) is 0 Å². The molecule has 1 aromatic heterocycles. The standard InChI is InChI=1S/C20H30N6O/c1-2-22-20(23-7-9-25-10-12-27-13-11-25)24-15-18-4-3-5-19(14-18)16-26-8-6-21-17-26/h3-6,8,14,17H,2,7,9-13,15-16H2,1H3,(H2,22,23,24). The molecule has 1 aliphatic heterocycles. The van der Waals surface area contributed by atoms with Gasteiger partial charge in [0.15, 0.2) is 5.96 Å². The van der Waals surface area contributed by atoms with E-state index >= 15 is 0 Å². The van der Waals surface area contributed by atoms with Crippen LogP contribution >= 0.6 is 0 Å². The second-order valence-corrected chi connectivity index (χ2v) is 6.63. The predicted octanol–water partition coefficient (Wildman–Crippen LogP) is 1.32. The predicted molar refractivity (Wildman–Crippen MR) is 108 cm³/mol. The quantitative estimate of drug-likeness (QED) is 0.542. The number of aliphatic imine (C=N–C) groups is 1. The van der Waals surface area contributed by atoms with Gasteiger partial charge in [0, 0.05) is 51.7 Å². The number of ether oxygens (including phenoxy) is 1. The second-order valence-electron chi connectivity index (χ2n) is 6.63. The molecule has 2 aromatic rings. The molecule has 0 spiro atoms. The molecule has 0 radical (unpaired) electrons. The van der Waals surface area contributed by atoms with Gasteiger partial charge in [0.05, 0.1) is 26.1 Å². The first-order valence-electron chi connectivity index (χ1n) is 9.69. The van der Waals surface area contributed by atoms with Crippen LogP contribution in [0.1, 0.15) is 18.1 Å². The first kappa shape index (κ1) is 19.4. The van der Waals surface area contributed by atoms with Gasteiger partial charge in [0.2, 0.25) is 0 Å². The average Bonchev–Trinajstić information content (AvgIpc) is 3.20. The fourth-order valence-electron chi connectivity index (χ4n) is 3.09. The summed E-state index contributed by atoms with van der Waals surface area (Å²) in [7, 11) is 0. The Morgan fingerprint density at radius 2 is 2.07 bits per heavy atom. The SMILES string of the molecule is CCNC(=NCc1cccc(Cn2ccnc2)c1)NCCN1CCOCC1. The summed E-state index contributed by atoms with van der Waals surface area (Å²) in [6.07, 6.45) is 5.62. The molecule has 0 aliphatic carbocycles. The van der Waals surface area contributed by atoms with Crippen LogP contribution in [0.15, 0.2) is 48.0 Å². The van der Waals surface area contributed by atoms with E-state index in [1.165, 1.54) is 11.1 Å². The summed E-state index contributed by atoms with van der Waals surface area (Å²) < 4.78 is 7.46. The first-order chi connectivity index (χ1) is 13.3. The van der Waals surface area contributed by atoms with Gasteiger partial charge < -0.3 is 19.9 Å². The number of aromatic nitrogens is 2. The van der Waals surface area contributed by atoms with Gasteiger partial charge in [-0.2, -0.15) is 0 Å². The van der Waals surface area contributed by atoms with Gasteiger partial charge >= 0.3 is 0 Å². The Morgan fingerprint density at radius 3 is 2.85 bits per heavy atom. The topological polar surface area (TPSA) is 66.7 Å². The molecule has 7 nitrogen and oxygen atoms in total. The highest BCUT2D eigenvalue weighted by molar-refractivity contribution is 5.79. The Kier molecular flexibility index (Phi) is 7.68. The van der Waals surface area contributed by atoms with E-state index in [-0.39, 0.29) is 0 Å². The molecule has 0 saturated carbocycles. The van der Waals surface area contributed by atoms with E-state index in [1.54, 1.807) is 6.20 Å². The number of hydrogen-bond acceptors (Lipinski definition) is 4. The minimum atomic E-state index is 0.657. The third kappa shape index (κ3) is 6.69. The summed E-state index contributed by atoms with van der Waals surface area (Å²) in [6.45, 7) is 10.0. The molecule has 0 bridgehead atoms. The minimum absolute atomic E-state index is 0.657. The maximum absolute atomic E-state index is 5.39. The molecule has 7 heteroatoms. The van der Waals surface area contributed by atoms with Crippen LogP contribution < -0.4 is 10.6 Å². The zero-order valence-electron chi connectivity index (χ0n) is 16.1. The summed E-state index contributed by atoms with van der Waals surface area (Å²) in [6, 6.07) is 8.56. The Bertz CT molecular complexity index is 694. The van der Waals surface area contributed by atoms with Gasteiger partial charge in [-0.3, -0.25) is 4.90 Å². The van der Waals surface area contributed by atoms with Crippen LogP contribution in [0, 0.1) is 0 Å². The molecule has 1 aromatic carbocycles. The van der Waals surface area contributed by atoms with Crippen LogP contribution in [0.25, 0.3) is 0 Å². The van der Waals surface area contributed by atoms with Crippen molar-refractivity contribution in [2.45, 2.75) is 20.0 Å². The molecule has 3 rings (SSSR count). The number of hydrogen-bond donors (Lipinski definition) is 2. The third-order valence-electron chi connectivity index (χ3n) is 4.50. The van der Waals surface area contributed by atoms with Crippen molar-refractivity contribution in [2.75, 3.05) is 45.9 Å². The van der Waals surface area contributed by atoms with Crippen molar-refractivity contribution in [2.24, 2.45) is 4.99 Å². The van der Waals surface area contributed by atoms with E-state index < -0.39 is 0 Å². The van der Waals surface area contributed by atoms with Crippen LogP contribution in [0.2, 0.25) is 0 Å². The van der Waals surface area contributed by atoms with Crippen molar-refractivity contribution in [3.05, 3.63) is 54.1 Å². The van der Waals surface area contributed by atoms with E-state index in [0.717, 1.165) is 58.4 Å². The Labute approximate surface area is 161 Å². The highest BCUT2D eigenvalue weighted by atomic mass is 16.5. The lowest BCUT2D eigenvalue weighted by atomic mass is 10.1. The highest BCUT2D eigenvalue weighted by Gasteiger charge is 2.09. The van der Waals surface area contributed by atoms with Gasteiger partial charge in [-0.05, 0) is 18.1 Å². The van der Waals surface area contributed by atoms with Crippen LogP contribution in [-0.2, 0) is 17.8 Å². The maximum atomic E-state index is 5.39. The molecule has 1 saturated heterocycles. The van der Waals surface area contributed by atoms with Crippen LogP contribution in [0.4, 0.5) is 0 Å². The first-order valence-corrected chi connectivity index (χ1v) is 9.69. The normalized spacial score (nSPS) is 15.7. The Balaban J connectivity index is 1.51. The number of morpholine rings is 1. The molecule has 27 heavy (non-hydrogen) atoms. The molecular weight excluding hydrogens is 340 g/mol. The monoisotopic (exact) mass is 370 g/mol. The Morgan fingerprint density at radius 1 is 1.22 bits per heavy atom. The van der Waals surface area contributed by atoms with Crippen molar-refractivity contribution in [1.82, 2.24) is 25.1 Å². The fourth-order valence-corrected chi connectivity index (χ4v) is 3.09. The zero-order chi connectivity index (χ0) is 18.7. The van der Waals surface area contributed by atoms with Gasteiger partial charge in [0.1, 0.15) is 0 Å². The lowest BCUT2D eigenvalue weighted by Gasteiger charge is -2.26. The van der Waals surface area contributed by atoms with Gasteiger partial charge in [-0.15, -0.1) is 0 Å². The van der Waals surface area contributed by atoms with Gasteiger partial charge in [-0.25, -0.2) is 9.98 Å². The molecule has 2 heterocycles. The van der Waals surface area contributed by atoms with Crippen molar-refractivity contribution in [3.8, 4) is 0 Å². The lowest BCUT2D eigenvalue weighted by Crippen LogP contribution is -2.44. The van der Waals surface area contributed by atoms with Crippen molar-refractivity contribution in [1.29, 1.82) is 0 Å². The number of benzene rings is 1. The van der Waals surface area contributed by atoms with Crippen molar-refractivity contribution in [3.63, 3.8) is 0 Å². The van der Waals surface area contributed by atoms with Crippen LogP contribution in [0.3, 0.4) is 0 Å². The minimum Gasteiger partial charge on any atom is -0.379 e. The summed E-state index contributed by atoms with van der Waals surface area (Å²) in [4.78, 5) is 11.3. The van der Waals surface area contributed by atoms with Gasteiger partial charge in [-0.1, -0.05) is 24.3 Å². The van der Waals surface area contributed by atoms with Crippen LogP contribution in [-0.4, -0.2) is 66.3 Å². The molecule has 146 valence electrons. The van der Waals surface area contributed by atoms with Crippen molar-refractivity contribution >= 4 is 5.96 Å². The molecule has 1 fully saturated rings. The fraction of sp³-hybridized carbons (Fsp3) is 0.500. The maximum Gasteiger partial charge on any atom is 0.191 e. The zero-order valence-corrected chi connectivity index (χ0v) is 16.1. The number of nitrogens with zero attached hydrogens (tertiary/aromatic N) is 4. The molecule has 1 aliphatic rings. The van der Waals surface area contributed by atoms with Crippen molar-refractivity contribution < 1.29 is 4.74 Å². The smallest absolute Gasteiger partial charge is 0.191 e. The summed E-state index contributed by atoms with van der Waals surface area (Å²) in [5.41, 5.74) is 2.46. The molecule has 2 N–H and O–H groups in total. The van der Waals surface area contributed by atoms with E-state index in [2.05, 4.69) is 56.3 Å². The average molecular weight is 371 g/mol. The molecule has 0 unspecified atom stereocenters. The molecule has 0 amide bonds. The summed E-state index contributed by atoms with van der Waals surface area (Å²) in [5, 5.41) is 6.76. The Hall–Kier alpha value is -2.38. The second kappa shape index (κ2) is 10.7. The summed E-state index contributed by atoms with van der Waals surface area (Å²) in [5.74, 6) is 0.866. The van der Waals surface area contributed by atoms with E-state index in [0.29, 0.717) is 6.54 Å². The number of guanidine groups is 1. The largest absolute Gasteiger partial charge is 0.379 e. The third-order valence-corrected chi connectivity index (χ3v) is 4.50. The number of nitrogens with one attached hydrogen (secondary N) is 2. The van der Waals surface area contributed by atoms with Crippen LogP contribution in [0.5, 0.6) is 0 Å². The number of imidazole rings is 1. The molecular formula is C20H30N6O. The summed E-state index contributed by atoms with van der Waals surface area (Å²) >= 11 is 0. The molecule has 0 atom stereocenters. The van der Waals surface area contributed by atoms with E-state index in [4.69, 9.17) is 9.73 Å². The van der Waals surface area contributed by atoms with Gasteiger partial charge in [0.25, 0.3) is 0 Å². The van der Waals surface area contributed by atoms with E-state index in [1.807, 2.05) is 12.5 Å². The number of rotatable bonds is 8. The highest BCUT2D eigenvalue weighted by Crippen LogP contribution is 2.08.